The average Bonchev–Trinajstić information content (AvgIpc) is 2.77. The first-order valence-electron chi connectivity index (χ1n) is 9.74. The molecule has 3 aromatic carbocycles. The Labute approximate surface area is 166 Å². The van der Waals surface area contributed by atoms with Crippen molar-refractivity contribution in [3.63, 3.8) is 0 Å². The van der Waals surface area contributed by atoms with Gasteiger partial charge in [-0.15, -0.1) is 0 Å². The highest BCUT2D eigenvalue weighted by molar-refractivity contribution is 6.20. The minimum Gasteiger partial charge on any atom is -0.379 e. The topological polar surface area (TPSA) is 41.1 Å². The van der Waals surface area contributed by atoms with Crippen LogP contribution in [-0.2, 0) is 4.79 Å². The molecule has 1 aliphatic heterocycles. The van der Waals surface area contributed by atoms with Gasteiger partial charge in [0.25, 0.3) is 5.91 Å². The lowest BCUT2D eigenvalue weighted by Crippen LogP contribution is -2.32. The van der Waals surface area contributed by atoms with Gasteiger partial charge in [0, 0.05) is 6.20 Å². The lowest BCUT2D eigenvalue weighted by molar-refractivity contribution is -0.116. The van der Waals surface area contributed by atoms with Gasteiger partial charge in [-0.1, -0.05) is 91.9 Å². The van der Waals surface area contributed by atoms with Crippen LogP contribution in [-0.4, -0.2) is 5.91 Å². The summed E-state index contributed by atoms with van der Waals surface area (Å²) in [6.07, 6.45) is 2.69. The van der Waals surface area contributed by atoms with Gasteiger partial charge in [0.1, 0.15) is 0 Å². The van der Waals surface area contributed by atoms with Crippen molar-refractivity contribution in [2.45, 2.75) is 25.4 Å². The number of carbonyl (C=O) groups excluding carboxylic acids is 1. The van der Waals surface area contributed by atoms with Gasteiger partial charge in [0.05, 0.1) is 17.7 Å². The van der Waals surface area contributed by atoms with E-state index < -0.39 is 0 Å². The molecule has 1 heterocycles. The van der Waals surface area contributed by atoms with Crippen LogP contribution < -0.4 is 10.6 Å². The second-order valence-corrected chi connectivity index (χ2v) is 7.00. The normalized spacial score (nSPS) is 16.3. The van der Waals surface area contributed by atoms with E-state index in [1.54, 1.807) is 0 Å². The fourth-order valence-electron chi connectivity index (χ4n) is 3.78. The van der Waals surface area contributed by atoms with Crippen LogP contribution in [0.25, 0.3) is 5.57 Å². The van der Waals surface area contributed by atoms with Gasteiger partial charge in [-0.3, -0.25) is 4.79 Å². The van der Waals surface area contributed by atoms with Crippen molar-refractivity contribution in [3.8, 4) is 0 Å². The third kappa shape index (κ3) is 3.56. The van der Waals surface area contributed by atoms with Crippen LogP contribution in [0.1, 0.15) is 47.7 Å². The zero-order valence-corrected chi connectivity index (χ0v) is 15.9. The summed E-state index contributed by atoms with van der Waals surface area (Å²) in [5, 5.41) is 6.63. The van der Waals surface area contributed by atoms with Gasteiger partial charge in [-0.2, -0.15) is 0 Å². The van der Waals surface area contributed by atoms with Crippen LogP contribution in [0, 0.1) is 0 Å². The van der Waals surface area contributed by atoms with Crippen molar-refractivity contribution in [2.24, 2.45) is 0 Å². The Morgan fingerprint density at radius 3 is 2.29 bits per heavy atom. The zero-order chi connectivity index (χ0) is 19.3. The number of hydrogen-bond donors (Lipinski definition) is 2. The highest BCUT2D eigenvalue weighted by Gasteiger charge is 2.26. The van der Waals surface area contributed by atoms with E-state index in [2.05, 4.69) is 47.9 Å². The molecule has 0 fully saturated rings. The van der Waals surface area contributed by atoms with E-state index in [9.17, 15) is 4.79 Å². The molecule has 1 unspecified atom stereocenters. The maximum Gasteiger partial charge on any atom is 0.253 e. The third-order valence-electron chi connectivity index (χ3n) is 5.25. The molecule has 2 N–H and O–H groups in total. The van der Waals surface area contributed by atoms with Crippen LogP contribution in [0.5, 0.6) is 0 Å². The molecule has 140 valence electrons. The largest absolute Gasteiger partial charge is 0.379 e. The van der Waals surface area contributed by atoms with E-state index in [-0.39, 0.29) is 18.0 Å². The minimum atomic E-state index is -0.0536. The Hall–Kier alpha value is -3.33. The Kier molecular flexibility index (Phi) is 5.24. The molecule has 3 nitrogen and oxygen atoms in total. The molecule has 0 aromatic heterocycles. The van der Waals surface area contributed by atoms with Crippen LogP contribution >= 0.6 is 0 Å². The highest BCUT2D eigenvalue weighted by Crippen LogP contribution is 2.33. The molecule has 0 saturated heterocycles. The lowest BCUT2D eigenvalue weighted by Gasteiger charge is -2.28. The van der Waals surface area contributed by atoms with E-state index in [1.165, 1.54) is 5.56 Å². The van der Waals surface area contributed by atoms with Crippen molar-refractivity contribution in [3.05, 3.63) is 113 Å². The Morgan fingerprint density at radius 2 is 1.57 bits per heavy atom. The first-order chi connectivity index (χ1) is 13.8. The van der Waals surface area contributed by atoms with Crippen molar-refractivity contribution in [2.75, 3.05) is 0 Å². The van der Waals surface area contributed by atoms with Gasteiger partial charge in [-0.05, 0) is 28.7 Å². The summed E-state index contributed by atoms with van der Waals surface area (Å²) >= 11 is 0. The maximum absolute atomic E-state index is 13.1. The molecular formula is C25H24N2O. The lowest BCUT2D eigenvalue weighted by atomic mass is 9.88. The third-order valence-corrected chi connectivity index (χ3v) is 5.25. The SMILES string of the molecule is CC[C@H](NC(=O)C1=CNC(c2ccccc2)c2ccccc21)c1ccccc1. The number of carbonyl (C=O) groups is 1. The zero-order valence-electron chi connectivity index (χ0n) is 15.9. The molecule has 0 spiro atoms. The Balaban J connectivity index is 1.62. The molecule has 1 amide bonds. The molecule has 1 aliphatic rings. The second kappa shape index (κ2) is 8.13. The first kappa shape index (κ1) is 18.1. The van der Waals surface area contributed by atoms with Gasteiger partial charge < -0.3 is 10.6 Å². The Morgan fingerprint density at radius 1 is 0.929 bits per heavy atom. The van der Waals surface area contributed by atoms with E-state index in [0.717, 1.165) is 23.1 Å². The quantitative estimate of drug-likeness (QED) is 0.666. The van der Waals surface area contributed by atoms with Crippen LogP contribution in [0.3, 0.4) is 0 Å². The average molecular weight is 368 g/mol. The number of benzene rings is 3. The van der Waals surface area contributed by atoms with Crippen LogP contribution in [0.15, 0.2) is 91.1 Å². The van der Waals surface area contributed by atoms with Crippen molar-refractivity contribution >= 4 is 11.5 Å². The number of rotatable bonds is 5. The second-order valence-electron chi connectivity index (χ2n) is 7.00. The molecule has 3 heteroatoms. The van der Waals surface area contributed by atoms with Crippen LogP contribution in [0.4, 0.5) is 0 Å². The molecular weight excluding hydrogens is 344 g/mol. The summed E-state index contributed by atoms with van der Waals surface area (Å²) in [5.74, 6) is -0.0536. The Bertz CT molecular complexity index is 980. The highest BCUT2D eigenvalue weighted by atomic mass is 16.1. The van der Waals surface area contributed by atoms with Crippen molar-refractivity contribution < 1.29 is 4.79 Å². The smallest absolute Gasteiger partial charge is 0.253 e. The molecule has 0 radical (unpaired) electrons. The summed E-state index contributed by atoms with van der Waals surface area (Å²) in [5.41, 5.74) is 5.08. The molecule has 3 aromatic rings. The van der Waals surface area contributed by atoms with Gasteiger partial charge in [0.2, 0.25) is 0 Å². The molecule has 4 rings (SSSR count). The summed E-state index contributed by atoms with van der Waals surface area (Å²) in [7, 11) is 0. The summed E-state index contributed by atoms with van der Waals surface area (Å²) in [4.78, 5) is 13.1. The standard InChI is InChI=1S/C25H24N2O/c1-2-23(18-11-5-3-6-12-18)27-25(28)22-17-26-24(19-13-7-4-8-14-19)21-16-10-9-15-20(21)22/h3-17,23-24,26H,2H2,1H3,(H,27,28)/t23-,24?/m0/s1. The van der Waals surface area contributed by atoms with E-state index in [4.69, 9.17) is 0 Å². The number of hydrogen-bond acceptors (Lipinski definition) is 2. The predicted octanol–water partition coefficient (Wildman–Crippen LogP) is 4.99. The first-order valence-corrected chi connectivity index (χ1v) is 9.74. The number of amides is 1. The fraction of sp³-hybridized carbons (Fsp3) is 0.160. The van der Waals surface area contributed by atoms with Gasteiger partial charge in [-0.25, -0.2) is 0 Å². The summed E-state index contributed by atoms with van der Waals surface area (Å²) in [6, 6.07) is 28.6. The monoisotopic (exact) mass is 368 g/mol. The fourth-order valence-corrected chi connectivity index (χ4v) is 3.78. The number of fused-ring (bicyclic) bond motifs is 1. The molecule has 2 atom stereocenters. The van der Waals surface area contributed by atoms with Crippen LogP contribution in [0.2, 0.25) is 0 Å². The predicted molar refractivity (Wildman–Crippen MR) is 113 cm³/mol. The maximum atomic E-state index is 13.1. The van der Waals surface area contributed by atoms with E-state index in [0.29, 0.717) is 5.57 Å². The molecule has 28 heavy (non-hydrogen) atoms. The summed E-state index contributed by atoms with van der Waals surface area (Å²) in [6.45, 7) is 2.09. The minimum absolute atomic E-state index is 0.00592. The van der Waals surface area contributed by atoms with E-state index in [1.807, 2.05) is 60.8 Å². The van der Waals surface area contributed by atoms with Crippen molar-refractivity contribution in [1.29, 1.82) is 0 Å². The van der Waals surface area contributed by atoms with Crippen molar-refractivity contribution in [1.82, 2.24) is 10.6 Å². The summed E-state index contributed by atoms with van der Waals surface area (Å²) < 4.78 is 0. The van der Waals surface area contributed by atoms with Gasteiger partial charge in [0.15, 0.2) is 0 Å². The molecule has 0 saturated carbocycles. The van der Waals surface area contributed by atoms with Gasteiger partial charge >= 0.3 is 0 Å². The molecule has 0 bridgehead atoms. The molecule has 0 aliphatic carbocycles. The van der Waals surface area contributed by atoms with E-state index >= 15 is 0 Å². The number of nitrogens with one attached hydrogen (secondary N) is 2.